The van der Waals surface area contributed by atoms with E-state index in [0.717, 1.165) is 11.1 Å². The van der Waals surface area contributed by atoms with Gasteiger partial charge in [-0.25, -0.2) is 0 Å². The van der Waals surface area contributed by atoms with E-state index < -0.39 is 53.1 Å². The molecule has 0 aliphatic carbocycles. The standard InChI is InChI=1S/C31H41N5O6/c1-19(2)16-23(28(40)36-31(4,5)30(32)42)35-29(41)26(38)20(3)33-27(39)24(17-21-12-8-6-9-13-21)34-25(37)18-22-14-10-7-11-15-22/h6-15,19-20,23-24H,16-18H2,1-5H3,(H2,32,42)(H,33,39)(H,34,37)(H,35,41)(H,36,40)/t20?,23-,24-/m0/s1. The van der Waals surface area contributed by atoms with Crippen LogP contribution in [0.15, 0.2) is 60.7 Å². The van der Waals surface area contributed by atoms with Crippen LogP contribution in [0, 0.1) is 5.92 Å². The van der Waals surface area contributed by atoms with Crippen molar-refractivity contribution in [3.05, 3.63) is 71.8 Å². The predicted molar refractivity (Wildman–Crippen MR) is 158 cm³/mol. The molecule has 42 heavy (non-hydrogen) atoms. The van der Waals surface area contributed by atoms with Crippen LogP contribution in [0.5, 0.6) is 0 Å². The molecule has 0 heterocycles. The molecule has 0 aliphatic heterocycles. The van der Waals surface area contributed by atoms with Gasteiger partial charge in [0.25, 0.3) is 5.91 Å². The van der Waals surface area contributed by atoms with E-state index in [4.69, 9.17) is 5.73 Å². The second kappa shape index (κ2) is 15.5. The summed E-state index contributed by atoms with van der Waals surface area (Å²) in [6.07, 6.45) is 0.405. The van der Waals surface area contributed by atoms with Gasteiger partial charge in [-0.05, 0) is 44.2 Å². The Morgan fingerprint density at radius 3 is 1.81 bits per heavy atom. The highest BCUT2D eigenvalue weighted by Crippen LogP contribution is 2.09. The molecule has 2 rings (SSSR count). The highest BCUT2D eigenvalue weighted by molar-refractivity contribution is 6.38. The molecule has 5 amide bonds. The number of ketones is 1. The van der Waals surface area contributed by atoms with Crippen LogP contribution in [-0.4, -0.2) is 59.0 Å². The van der Waals surface area contributed by atoms with Gasteiger partial charge in [0.15, 0.2) is 0 Å². The van der Waals surface area contributed by atoms with Crippen molar-refractivity contribution in [2.75, 3.05) is 0 Å². The van der Waals surface area contributed by atoms with Crippen molar-refractivity contribution in [1.29, 1.82) is 0 Å². The molecule has 0 saturated heterocycles. The number of nitrogens with two attached hydrogens (primary N) is 1. The molecule has 0 aromatic heterocycles. The van der Waals surface area contributed by atoms with Crippen LogP contribution in [0.25, 0.3) is 0 Å². The molecule has 2 aromatic carbocycles. The van der Waals surface area contributed by atoms with Gasteiger partial charge >= 0.3 is 0 Å². The lowest BCUT2D eigenvalue weighted by molar-refractivity contribution is -0.142. The number of hydrogen-bond acceptors (Lipinski definition) is 6. The quantitative estimate of drug-likeness (QED) is 0.196. The largest absolute Gasteiger partial charge is 0.368 e. The summed E-state index contributed by atoms with van der Waals surface area (Å²) in [6.45, 7) is 7.85. The van der Waals surface area contributed by atoms with E-state index in [9.17, 15) is 28.8 Å². The Labute approximate surface area is 246 Å². The second-order valence-corrected chi connectivity index (χ2v) is 11.2. The Kier molecular flexibility index (Phi) is 12.4. The summed E-state index contributed by atoms with van der Waals surface area (Å²) in [5.41, 5.74) is 5.52. The fourth-order valence-corrected chi connectivity index (χ4v) is 4.05. The SMILES string of the molecule is CC(C)C[C@H](NC(=O)C(=O)C(C)NC(=O)[C@H](Cc1ccccc1)NC(=O)Cc1ccccc1)C(=O)NC(C)(C)C(N)=O. The third-order valence-electron chi connectivity index (χ3n) is 6.50. The van der Waals surface area contributed by atoms with Gasteiger partial charge in [0.1, 0.15) is 17.6 Å². The molecular weight excluding hydrogens is 538 g/mol. The minimum atomic E-state index is -1.37. The van der Waals surface area contributed by atoms with Crippen molar-refractivity contribution in [2.24, 2.45) is 11.7 Å². The van der Waals surface area contributed by atoms with Gasteiger partial charge in [-0.3, -0.25) is 28.8 Å². The number of hydrogen-bond donors (Lipinski definition) is 5. The first-order valence-corrected chi connectivity index (χ1v) is 13.8. The van der Waals surface area contributed by atoms with E-state index >= 15 is 0 Å². The van der Waals surface area contributed by atoms with Crippen molar-refractivity contribution in [1.82, 2.24) is 21.3 Å². The van der Waals surface area contributed by atoms with Crippen molar-refractivity contribution < 1.29 is 28.8 Å². The zero-order valence-corrected chi connectivity index (χ0v) is 24.7. The van der Waals surface area contributed by atoms with E-state index in [1.807, 2.05) is 50.2 Å². The molecule has 226 valence electrons. The minimum absolute atomic E-state index is 0.0387. The maximum absolute atomic E-state index is 13.3. The molecule has 0 aliphatic rings. The number of benzene rings is 2. The average Bonchev–Trinajstić information content (AvgIpc) is 2.92. The third kappa shape index (κ3) is 10.8. The number of primary amides is 1. The number of Topliss-reactive ketones (excluding diaryl/α,β-unsaturated/α-hetero) is 1. The number of nitrogens with one attached hydrogen (secondary N) is 4. The number of carbonyl (C=O) groups is 6. The van der Waals surface area contributed by atoms with Gasteiger partial charge in [0.05, 0.1) is 12.5 Å². The Hall–Kier alpha value is -4.54. The monoisotopic (exact) mass is 579 g/mol. The van der Waals surface area contributed by atoms with Gasteiger partial charge in [-0.15, -0.1) is 0 Å². The first-order valence-electron chi connectivity index (χ1n) is 13.8. The lowest BCUT2D eigenvalue weighted by Gasteiger charge is -2.27. The summed E-state index contributed by atoms with van der Waals surface area (Å²) in [6, 6.07) is 14.7. The number of rotatable bonds is 15. The maximum Gasteiger partial charge on any atom is 0.290 e. The second-order valence-electron chi connectivity index (χ2n) is 11.2. The summed E-state index contributed by atoms with van der Waals surface area (Å²) in [5.74, 6) is -4.55. The van der Waals surface area contributed by atoms with E-state index in [-0.39, 0.29) is 31.1 Å². The molecule has 2 aromatic rings. The molecule has 1 unspecified atom stereocenters. The first kappa shape index (κ1) is 33.7. The fourth-order valence-electron chi connectivity index (χ4n) is 4.05. The van der Waals surface area contributed by atoms with Gasteiger partial charge in [0.2, 0.25) is 29.4 Å². The average molecular weight is 580 g/mol. The molecule has 0 radical (unpaired) electrons. The van der Waals surface area contributed by atoms with Crippen LogP contribution in [0.3, 0.4) is 0 Å². The third-order valence-corrected chi connectivity index (χ3v) is 6.50. The molecule has 0 saturated carbocycles. The molecule has 6 N–H and O–H groups in total. The van der Waals surface area contributed by atoms with Crippen LogP contribution < -0.4 is 27.0 Å². The van der Waals surface area contributed by atoms with Gasteiger partial charge in [-0.1, -0.05) is 74.5 Å². The highest BCUT2D eigenvalue weighted by Gasteiger charge is 2.34. The molecule has 11 heteroatoms. The molecule has 0 fully saturated rings. The number of carbonyl (C=O) groups excluding carboxylic acids is 6. The van der Waals surface area contributed by atoms with E-state index in [0.29, 0.717) is 0 Å². The van der Waals surface area contributed by atoms with Gasteiger partial charge < -0.3 is 27.0 Å². The van der Waals surface area contributed by atoms with Crippen molar-refractivity contribution in [3.63, 3.8) is 0 Å². The minimum Gasteiger partial charge on any atom is -0.368 e. The lowest BCUT2D eigenvalue weighted by Crippen LogP contribution is -2.60. The summed E-state index contributed by atoms with van der Waals surface area (Å²) >= 11 is 0. The van der Waals surface area contributed by atoms with Crippen LogP contribution in [-0.2, 0) is 41.6 Å². The molecule has 3 atom stereocenters. The summed E-state index contributed by atoms with van der Waals surface area (Å²) < 4.78 is 0. The van der Waals surface area contributed by atoms with Crippen molar-refractivity contribution in [3.8, 4) is 0 Å². The molecule has 0 spiro atoms. The predicted octanol–water partition coefficient (Wildman–Crippen LogP) is 0.941. The summed E-state index contributed by atoms with van der Waals surface area (Å²) in [7, 11) is 0. The molecule has 11 nitrogen and oxygen atoms in total. The highest BCUT2D eigenvalue weighted by atomic mass is 16.2. The first-order chi connectivity index (χ1) is 19.7. The van der Waals surface area contributed by atoms with Crippen molar-refractivity contribution in [2.45, 2.75) is 77.5 Å². The van der Waals surface area contributed by atoms with E-state index in [1.54, 1.807) is 24.3 Å². The van der Waals surface area contributed by atoms with Crippen LogP contribution >= 0.6 is 0 Å². The number of amides is 5. The smallest absolute Gasteiger partial charge is 0.290 e. The van der Waals surface area contributed by atoms with Crippen LogP contribution in [0.1, 0.15) is 52.2 Å². The van der Waals surface area contributed by atoms with Crippen LogP contribution in [0.4, 0.5) is 0 Å². The molecular formula is C31H41N5O6. The summed E-state index contributed by atoms with van der Waals surface area (Å²) in [4.78, 5) is 76.3. The maximum atomic E-state index is 13.3. The zero-order valence-electron chi connectivity index (χ0n) is 24.7. The zero-order chi connectivity index (χ0) is 31.4. The van der Waals surface area contributed by atoms with E-state index in [2.05, 4.69) is 21.3 Å². The fraction of sp³-hybridized carbons (Fsp3) is 0.419. The molecule has 0 bridgehead atoms. The van der Waals surface area contributed by atoms with Gasteiger partial charge in [-0.2, -0.15) is 0 Å². The Bertz CT molecular complexity index is 1260. The topological polar surface area (TPSA) is 177 Å². The summed E-state index contributed by atoms with van der Waals surface area (Å²) in [5, 5.41) is 10.2. The van der Waals surface area contributed by atoms with Gasteiger partial charge in [0, 0.05) is 6.42 Å². The van der Waals surface area contributed by atoms with E-state index in [1.165, 1.54) is 20.8 Å². The Morgan fingerprint density at radius 2 is 1.29 bits per heavy atom. The normalized spacial score (nSPS) is 13.3. The van der Waals surface area contributed by atoms with Crippen LogP contribution in [0.2, 0.25) is 0 Å². The lowest BCUT2D eigenvalue weighted by atomic mass is 9.99. The van der Waals surface area contributed by atoms with Crippen molar-refractivity contribution >= 4 is 35.3 Å². The Morgan fingerprint density at radius 1 is 0.738 bits per heavy atom. The Balaban J connectivity index is 2.11.